The van der Waals surface area contributed by atoms with Gasteiger partial charge < -0.3 is 10.3 Å². The molecule has 0 unspecified atom stereocenters. The summed E-state index contributed by atoms with van der Waals surface area (Å²) in [6.45, 7) is 1.38. The molecule has 2 N–H and O–H groups in total. The molecule has 0 bridgehead atoms. The molecule has 0 saturated heterocycles. The minimum Gasteiger partial charge on any atom is -0.329 e. The molecule has 5 heteroatoms. The number of nitrogens with two attached hydrogens (primary N) is 1. The van der Waals surface area contributed by atoms with Gasteiger partial charge in [0, 0.05) is 31.7 Å². The maximum atomic E-state index is 5.50. The molecule has 0 spiro atoms. The van der Waals surface area contributed by atoms with Crippen molar-refractivity contribution in [2.24, 2.45) is 5.73 Å². The lowest BCUT2D eigenvalue weighted by Gasteiger charge is -2.04. The molecular formula is C10H13ClN4. The van der Waals surface area contributed by atoms with E-state index >= 15 is 0 Å². The second kappa shape index (κ2) is 5.48. The van der Waals surface area contributed by atoms with E-state index in [4.69, 9.17) is 5.73 Å². The van der Waals surface area contributed by atoms with Crippen LogP contribution in [0.3, 0.4) is 0 Å². The van der Waals surface area contributed by atoms with E-state index in [-0.39, 0.29) is 12.4 Å². The van der Waals surface area contributed by atoms with E-state index < -0.39 is 0 Å². The number of imidazole rings is 1. The lowest BCUT2D eigenvalue weighted by molar-refractivity contribution is 0.713. The smallest absolute Gasteiger partial charge is 0.158 e. The van der Waals surface area contributed by atoms with E-state index in [0.717, 1.165) is 18.1 Å². The van der Waals surface area contributed by atoms with Crippen LogP contribution >= 0.6 is 12.4 Å². The van der Waals surface area contributed by atoms with Gasteiger partial charge in [-0.25, -0.2) is 4.98 Å². The van der Waals surface area contributed by atoms with Crippen LogP contribution in [-0.4, -0.2) is 21.1 Å². The molecule has 0 aromatic carbocycles. The van der Waals surface area contributed by atoms with Gasteiger partial charge in [-0.2, -0.15) is 0 Å². The predicted molar refractivity (Wildman–Crippen MR) is 61.8 cm³/mol. The van der Waals surface area contributed by atoms with Crippen LogP contribution in [0.4, 0.5) is 0 Å². The molecule has 0 aliphatic carbocycles. The molecule has 0 radical (unpaired) electrons. The summed E-state index contributed by atoms with van der Waals surface area (Å²) in [7, 11) is 0. The summed E-state index contributed by atoms with van der Waals surface area (Å²) in [6.07, 6.45) is 5.44. The highest BCUT2D eigenvalue weighted by Gasteiger charge is 2.04. The van der Waals surface area contributed by atoms with Gasteiger partial charge in [-0.3, -0.25) is 4.98 Å². The SMILES string of the molecule is Cl.NCCn1ccnc1-c1ccccn1. The quantitative estimate of drug-likeness (QED) is 0.856. The zero-order valence-corrected chi connectivity index (χ0v) is 9.02. The van der Waals surface area contributed by atoms with Crippen molar-refractivity contribution in [3.8, 4) is 11.5 Å². The largest absolute Gasteiger partial charge is 0.329 e. The second-order valence-corrected chi connectivity index (χ2v) is 2.95. The van der Waals surface area contributed by atoms with Crippen molar-refractivity contribution in [3.05, 3.63) is 36.8 Å². The molecular weight excluding hydrogens is 212 g/mol. The molecule has 0 atom stereocenters. The minimum atomic E-state index is 0. The number of nitrogens with zero attached hydrogens (tertiary/aromatic N) is 3. The number of hydrogen-bond donors (Lipinski definition) is 1. The summed E-state index contributed by atoms with van der Waals surface area (Å²) in [5, 5.41) is 0. The van der Waals surface area contributed by atoms with E-state index in [1.807, 2.05) is 29.0 Å². The summed E-state index contributed by atoms with van der Waals surface area (Å²) < 4.78 is 2.00. The summed E-state index contributed by atoms with van der Waals surface area (Å²) in [5.41, 5.74) is 6.38. The summed E-state index contributed by atoms with van der Waals surface area (Å²) in [6, 6.07) is 5.78. The molecule has 2 aromatic heterocycles. The Hall–Kier alpha value is -1.39. The molecule has 80 valence electrons. The number of rotatable bonds is 3. The monoisotopic (exact) mass is 224 g/mol. The van der Waals surface area contributed by atoms with Gasteiger partial charge in [-0.1, -0.05) is 6.07 Å². The van der Waals surface area contributed by atoms with Crippen molar-refractivity contribution >= 4 is 12.4 Å². The van der Waals surface area contributed by atoms with E-state index in [1.165, 1.54) is 0 Å². The lowest BCUT2D eigenvalue weighted by Crippen LogP contribution is -2.10. The molecule has 2 rings (SSSR count). The third-order valence-electron chi connectivity index (χ3n) is 1.98. The molecule has 0 aliphatic heterocycles. The molecule has 0 amide bonds. The fourth-order valence-corrected chi connectivity index (χ4v) is 1.36. The van der Waals surface area contributed by atoms with E-state index in [9.17, 15) is 0 Å². The van der Waals surface area contributed by atoms with Crippen LogP contribution in [0.5, 0.6) is 0 Å². The Morgan fingerprint density at radius 2 is 2.07 bits per heavy atom. The third-order valence-corrected chi connectivity index (χ3v) is 1.98. The number of hydrogen-bond acceptors (Lipinski definition) is 3. The van der Waals surface area contributed by atoms with Crippen molar-refractivity contribution < 1.29 is 0 Å². The van der Waals surface area contributed by atoms with Gasteiger partial charge in [0.2, 0.25) is 0 Å². The molecule has 0 aliphatic rings. The first-order chi connectivity index (χ1) is 6.92. The van der Waals surface area contributed by atoms with Crippen LogP contribution < -0.4 is 5.73 Å². The summed E-state index contributed by atoms with van der Waals surface area (Å²) in [4.78, 5) is 8.49. The van der Waals surface area contributed by atoms with Crippen LogP contribution in [0.1, 0.15) is 0 Å². The zero-order valence-electron chi connectivity index (χ0n) is 8.21. The van der Waals surface area contributed by atoms with Crippen molar-refractivity contribution in [3.63, 3.8) is 0 Å². The van der Waals surface area contributed by atoms with Gasteiger partial charge in [-0.05, 0) is 12.1 Å². The average Bonchev–Trinajstić information content (AvgIpc) is 2.68. The van der Waals surface area contributed by atoms with Gasteiger partial charge >= 0.3 is 0 Å². The highest BCUT2D eigenvalue weighted by Crippen LogP contribution is 2.12. The lowest BCUT2D eigenvalue weighted by atomic mass is 10.3. The Labute approximate surface area is 94.6 Å². The zero-order chi connectivity index (χ0) is 9.80. The van der Waals surface area contributed by atoms with E-state index in [1.54, 1.807) is 12.4 Å². The second-order valence-electron chi connectivity index (χ2n) is 2.95. The summed E-state index contributed by atoms with van der Waals surface area (Å²) in [5.74, 6) is 0.871. The van der Waals surface area contributed by atoms with Crippen LogP contribution in [0.25, 0.3) is 11.5 Å². The first-order valence-electron chi connectivity index (χ1n) is 4.54. The number of aromatic nitrogens is 3. The molecule has 4 nitrogen and oxygen atoms in total. The predicted octanol–water partition coefficient (Wildman–Crippen LogP) is 1.33. The van der Waals surface area contributed by atoms with Crippen molar-refractivity contribution in [1.82, 2.24) is 14.5 Å². The van der Waals surface area contributed by atoms with Gasteiger partial charge in [0.25, 0.3) is 0 Å². The van der Waals surface area contributed by atoms with Crippen LogP contribution in [0.2, 0.25) is 0 Å². The highest BCUT2D eigenvalue weighted by molar-refractivity contribution is 5.85. The Kier molecular flexibility index (Phi) is 4.27. The minimum absolute atomic E-state index is 0. The fourth-order valence-electron chi connectivity index (χ4n) is 1.36. The van der Waals surface area contributed by atoms with Gasteiger partial charge in [0.05, 0.1) is 0 Å². The normalized spacial score (nSPS) is 9.67. The van der Waals surface area contributed by atoms with Crippen molar-refractivity contribution in [2.45, 2.75) is 6.54 Å². The molecule has 0 fully saturated rings. The molecule has 2 aromatic rings. The fraction of sp³-hybridized carbons (Fsp3) is 0.200. The van der Waals surface area contributed by atoms with Crippen LogP contribution in [-0.2, 0) is 6.54 Å². The van der Waals surface area contributed by atoms with E-state index in [2.05, 4.69) is 9.97 Å². The number of halogens is 1. The Balaban J connectivity index is 0.00000112. The maximum absolute atomic E-state index is 5.50. The first kappa shape index (κ1) is 11.7. The van der Waals surface area contributed by atoms with Crippen LogP contribution in [0, 0.1) is 0 Å². The number of pyridine rings is 1. The van der Waals surface area contributed by atoms with Crippen LogP contribution in [0.15, 0.2) is 36.8 Å². The summed E-state index contributed by atoms with van der Waals surface area (Å²) >= 11 is 0. The maximum Gasteiger partial charge on any atom is 0.158 e. The standard InChI is InChI=1S/C10H12N4.ClH/c11-4-7-14-8-6-13-10(14)9-3-1-2-5-12-9;/h1-3,5-6,8H,4,7,11H2;1H. The molecule has 15 heavy (non-hydrogen) atoms. The Morgan fingerprint density at radius 3 is 2.73 bits per heavy atom. The van der Waals surface area contributed by atoms with Gasteiger partial charge in [0.1, 0.15) is 5.69 Å². The Morgan fingerprint density at radius 1 is 1.20 bits per heavy atom. The highest BCUT2D eigenvalue weighted by atomic mass is 35.5. The Bertz CT molecular complexity index is 399. The average molecular weight is 225 g/mol. The molecule has 2 heterocycles. The first-order valence-corrected chi connectivity index (χ1v) is 4.54. The van der Waals surface area contributed by atoms with E-state index in [0.29, 0.717) is 6.54 Å². The van der Waals surface area contributed by atoms with Crippen molar-refractivity contribution in [2.75, 3.05) is 6.54 Å². The topological polar surface area (TPSA) is 56.7 Å². The third kappa shape index (κ3) is 2.55. The van der Waals surface area contributed by atoms with Crippen molar-refractivity contribution in [1.29, 1.82) is 0 Å². The molecule has 0 saturated carbocycles. The van der Waals surface area contributed by atoms with Gasteiger partial charge in [0.15, 0.2) is 5.82 Å². The van der Waals surface area contributed by atoms with Gasteiger partial charge in [-0.15, -0.1) is 12.4 Å².